The maximum atomic E-state index is 8.13. The maximum Gasteiger partial charge on any atom is 0.219 e. The molecule has 0 radical (unpaired) electrons. The Bertz CT molecular complexity index is 320. The molecule has 1 aromatic rings. The predicted octanol–water partition coefficient (Wildman–Crippen LogP) is 1.69. The van der Waals surface area contributed by atoms with Crippen LogP contribution in [0.3, 0.4) is 0 Å². The van der Waals surface area contributed by atoms with Crippen molar-refractivity contribution in [1.82, 2.24) is 9.97 Å². The van der Waals surface area contributed by atoms with Gasteiger partial charge in [0.1, 0.15) is 6.33 Å². The van der Waals surface area contributed by atoms with Crippen LogP contribution in [0, 0.1) is 0 Å². The van der Waals surface area contributed by atoms with Crippen LogP contribution in [0.4, 0.5) is 0 Å². The zero-order valence-corrected chi connectivity index (χ0v) is 7.21. The quantitative estimate of drug-likeness (QED) is 0.400. The Hall–Kier alpha value is -1.81. The Morgan fingerprint density at radius 1 is 1.69 bits per heavy atom. The van der Waals surface area contributed by atoms with Crippen molar-refractivity contribution in [2.45, 2.75) is 13.5 Å². The van der Waals surface area contributed by atoms with Crippen LogP contribution in [0.2, 0.25) is 0 Å². The standard InChI is InChI=1S/C7H9N5O/c1-2-13-7-6(4-11-12-8)3-9-5-10-7/h3,5H,2,4H2,1H3. The molecule has 0 bridgehead atoms. The summed E-state index contributed by atoms with van der Waals surface area (Å²) < 4.78 is 5.20. The van der Waals surface area contributed by atoms with Gasteiger partial charge in [0.15, 0.2) is 0 Å². The van der Waals surface area contributed by atoms with Crippen LogP contribution in [0.15, 0.2) is 17.6 Å². The monoisotopic (exact) mass is 179 g/mol. The van der Waals surface area contributed by atoms with E-state index in [1.54, 1.807) is 6.20 Å². The Labute approximate surface area is 75.2 Å². The molecule has 0 spiro atoms. The van der Waals surface area contributed by atoms with Crippen LogP contribution in [-0.2, 0) is 6.54 Å². The van der Waals surface area contributed by atoms with E-state index < -0.39 is 0 Å². The first-order chi connectivity index (χ1) is 6.38. The zero-order valence-electron chi connectivity index (χ0n) is 7.21. The fourth-order valence-electron chi connectivity index (χ4n) is 0.830. The second kappa shape index (κ2) is 4.95. The van der Waals surface area contributed by atoms with Crippen LogP contribution >= 0.6 is 0 Å². The molecule has 0 saturated carbocycles. The molecule has 0 saturated heterocycles. The fraction of sp³-hybridized carbons (Fsp3) is 0.429. The lowest BCUT2D eigenvalue weighted by molar-refractivity contribution is 0.322. The van der Waals surface area contributed by atoms with Gasteiger partial charge in [0, 0.05) is 16.7 Å². The Morgan fingerprint density at radius 2 is 2.54 bits per heavy atom. The minimum absolute atomic E-state index is 0.215. The van der Waals surface area contributed by atoms with E-state index in [1.807, 2.05) is 6.92 Å². The minimum atomic E-state index is 0.215. The number of nitrogens with zero attached hydrogens (tertiary/aromatic N) is 5. The molecule has 0 atom stereocenters. The van der Waals surface area contributed by atoms with Crippen LogP contribution in [0.1, 0.15) is 12.5 Å². The van der Waals surface area contributed by atoms with E-state index in [0.717, 1.165) is 0 Å². The smallest absolute Gasteiger partial charge is 0.219 e. The molecule has 0 amide bonds. The van der Waals surface area contributed by atoms with Gasteiger partial charge in [-0.1, -0.05) is 5.11 Å². The third-order valence-corrected chi connectivity index (χ3v) is 1.33. The number of hydrogen-bond acceptors (Lipinski definition) is 4. The average molecular weight is 179 g/mol. The highest BCUT2D eigenvalue weighted by Gasteiger charge is 2.02. The van der Waals surface area contributed by atoms with Gasteiger partial charge in [0.05, 0.1) is 13.2 Å². The summed E-state index contributed by atoms with van der Waals surface area (Å²) in [6, 6.07) is 0. The van der Waals surface area contributed by atoms with Crippen molar-refractivity contribution in [3.8, 4) is 5.88 Å². The first-order valence-corrected chi connectivity index (χ1v) is 3.81. The first-order valence-electron chi connectivity index (χ1n) is 3.81. The molecular weight excluding hydrogens is 170 g/mol. The largest absolute Gasteiger partial charge is 0.478 e. The van der Waals surface area contributed by atoms with E-state index in [1.165, 1.54) is 6.33 Å². The van der Waals surface area contributed by atoms with E-state index in [-0.39, 0.29) is 6.54 Å². The molecule has 1 rings (SSSR count). The average Bonchev–Trinajstić information content (AvgIpc) is 2.17. The molecule has 0 aliphatic rings. The highest BCUT2D eigenvalue weighted by Crippen LogP contribution is 2.13. The highest BCUT2D eigenvalue weighted by molar-refractivity contribution is 5.21. The molecule has 0 aliphatic heterocycles. The normalized spacial score (nSPS) is 9.00. The fourth-order valence-corrected chi connectivity index (χ4v) is 0.830. The molecule has 0 aromatic carbocycles. The van der Waals surface area contributed by atoms with Crippen molar-refractivity contribution in [3.05, 3.63) is 28.5 Å². The maximum absolute atomic E-state index is 8.13. The van der Waals surface area contributed by atoms with Crippen molar-refractivity contribution in [2.75, 3.05) is 6.61 Å². The van der Waals surface area contributed by atoms with Gasteiger partial charge in [0.2, 0.25) is 5.88 Å². The lowest BCUT2D eigenvalue weighted by atomic mass is 10.3. The summed E-state index contributed by atoms with van der Waals surface area (Å²) in [6.07, 6.45) is 2.97. The molecule has 1 heterocycles. The third-order valence-electron chi connectivity index (χ3n) is 1.33. The van der Waals surface area contributed by atoms with Gasteiger partial charge in [-0.15, -0.1) is 0 Å². The predicted molar refractivity (Wildman–Crippen MR) is 46.1 cm³/mol. The van der Waals surface area contributed by atoms with E-state index in [0.29, 0.717) is 18.1 Å². The number of hydrogen-bond donors (Lipinski definition) is 0. The van der Waals surface area contributed by atoms with Crippen molar-refractivity contribution in [3.63, 3.8) is 0 Å². The zero-order chi connectivity index (χ0) is 9.52. The van der Waals surface area contributed by atoms with E-state index in [2.05, 4.69) is 20.0 Å². The van der Waals surface area contributed by atoms with E-state index >= 15 is 0 Å². The summed E-state index contributed by atoms with van der Waals surface area (Å²) in [7, 11) is 0. The minimum Gasteiger partial charge on any atom is -0.478 e. The molecule has 0 fully saturated rings. The van der Waals surface area contributed by atoms with Crippen LogP contribution in [0.5, 0.6) is 5.88 Å². The molecule has 6 nitrogen and oxygen atoms in total. The molecule has 0 N–H and O–H groups in total. The van der Waals surface area contributed by atoms with Crippen LogP contribution < -0.4 is 4.74 Å². The van der Waals surface area contributed by atoms with Crippen molar-refractivity contribution in [2.24, 2.45) is 5.11 Å². The molecule has 68 valence electrons. The summed E-state index contributed by atoms with van der Waals surface area (Å²) in [5, 5.41) is 3.41. The van der Waals surface area contributed by atoms with Gasteiger partial charge in [-0.3, -0.25) is 0 Å². The molecule has 0 unspecified atom stereocenters. The van der Waals surface area contributed by atoms with E-state index in [9.17, 15) is 0 Å². The Kier molecular flexibility index (Phi) is 3.53. The van der Waals surface area contributed by atoms with Gasteiger partial charge in [-0.2, -0.15) is 0 Å². The first kappa shape index (κ1) is 9.28. The summed E-state index contributed by atoms with van der Waals surface area (Å²) in [5.74, 6) is 0.477. The van der Waals surface area contributed by atoms with Gasteiger partial charge in [-0.25, -0.2) is 9.97 Å². The molecule has 6 heteroatoms. The molecular formula is C7H9N5O. The van der Waals surface area contributed by atoms with Gasteiger partial charge < -0.3 is 4.74 Å². The molecule has 0 aliphatic carbocycles. The van der Waals surface area contributed by atoms with Crippen molar-refractivity contribution < 1.29 is 4.74 Å². The van der Waals surface area contributed by atoms with Crippen molar-refractivity contribution >= 4 is 0 Å². The number of aromatic nitrogens is 2. The highest BCUT2D eigenvalue weighted by atomic mass is 16.5. The summed E-state index contributed by atoms with van der Waals surface area (Å²) >= 11 is 0. The van der Waals surface area contributed by atoms with Crippen LogP contribution in [-0.4, -0.2) is 16.6 Å². The third kappa shape index (κ3) is 2.61. The van der Waals surface area contributed by atoms with Crippen LogP contribution in [0.25, 0.3) is 10.4 Å². The molecule has 1 aromatic heterocycles. The van der Waals surface area contributed by atoms with Gasteiger partial charge >= 0.3 is 0 Å². The number of azide groups is 1. The topological polar surface area (TPSA) is 83.8 Å². The lowest BCUT2D eigenvalue weighted by Crippen LogP contribution is -1.99. The number of ether oxygens (including phenoxy) is 1. The summed E-state index contributed by atoms with van der Waals surface area (Å²) in [5.41, 5.74) is 8.82. The van der Waals surface area contributed by atoms with Gasteiger partial charge in [0.25, 0.3) is 0 Å². The van der Waals surface area contributed by atoms with Crippen molar-refractivity contribution in [1.29, 1.82) is 0 Å². The summed E-state index contributed by atoms with van der Waals surface area (Å²) in [6.45, 7) is 2.60. The Balaban J connectivity index is 2.83. The molecule has 13 heavy (non-hydrogen) atoms. The Morgan fingerprint density at radius 3 is 3.23 bits per heavy atom. The second-order valence-electron chi connectivity index (χ2n) is 2.18. The summed E-state index contributed by atoms with van der Waals surface area (Å²) in [4.78, 5) is 10.4. The second-order valence-corrected chi connectivity index (χ2v) is 2.18. The lowest BCUT2D eigenvalue weighted by Gasteiger charge is -2.04. The van der Waals surface area contributed by atoms with E-state index in [4.69, 9.17) is 10.3 Å². The number of rotatable bonds is 4. The SMILES string of the molecule is CCOc1ncncc1CN=[N+]=[N-]. The van der Waals surface area contributed by atoms with Gasteiger partial charge in [-0.05, 0) is 12.5 Å².